The van der Waals surface area contributed by atoms with Crippen LogP contribution in [-0.2, 0) is 0 Å². The maximum atomic E-state index is 6.01. The van der Waals surface area contributed by atoms with E-state index in [0.717, 1.165) is 17.8 Å². The van der Waals surface area contributed by atoms with Gasteiger partial charge in [0.25, 0.3) is 0 Å². The fourth-order valence-electron chi connectivity index (χ4n) is 4.00. The Morgan fingerprint density at radius 3 is 2.88 bits per heavy atom. The number of nitrogen functional groups attached to an aromatic ring is 1. The summed E-state index contributed by atoms with van der Waals surface area (Å²) in [5.74, 6) is 3.32. The number of rotatable bonds is 3. The third-order valence-corrected chi connectivity index (χ3v) is 4.74. The molecular formula is C14H21N3. The Labute approximate surface area is 103 Å². The lowest BCUT2D eigenvalue weighted by atomic mass is 9.80. The van der Waals surface area contributed by atoms with Gasteiger partial charge in [0.05, 0.1) is 0 Å². The number of pyridine rings is 1. The molecule has 3 rings (SSSR count). The van der Waals surface area contributed by atoms with E-state index >= 15 is 0 Å². The first-order valence-electron chi connectivity index (χ1n) is 6.67. The Balaban J connectivity index is 1.87. The second kappa shape index (κ2) is 4.30. The predicted molar refractivity (Wildman–Crippen MR) is 69.4 cm³/mol. The van der Waals surface area contributed by atoms with Crippen LogP contribution in [0.1, 0.15) is 37.3 Å². The predicted octanol–water partition coefficient (Wildman–Crippen LogP) is 2.36. The van der Waals surface area contributed by atoms with E-state index in [9.17, 15) is 0 Å². The number of nitrogens with zero attached hydrogens (tertiary/aromatic N) is 1. The number of aromatic nitrogens is 1. The van der Waals surface area contributed by atoms with Gasteiger partial charge >= 0.3 is 0 Å². The van der Waals surface area contributed by atoms with Crippen molar-refractivity contribution in [3.05, 3.63) is 23.9 Å². The van der Waals surface area contributed by atoms with Crippen molar-refractivity contribution in [2.45, 2.75) is 31.7 Å². The summed E-state index contributed by atoms with van der Waals surface area (Å²) < 4.78 is 0. The van der Waals surface area contributed by atoms with Crippen molar-refractivity contribution < 1.29 is 0 Å². The minimum absolute atomic E-state index is 0.388. The van der Waals surface area contributed by atoms with Crippen LogP contribution >= 0.6 is 0 Å². The number of hydrogen-bond acceptors (Lipinski definition) is 3. The van der Waals surface area contributed by atoms with Crippen LogP contribution in [0.3, 0.4) is 0 Å². The fourth-order valence-corrected chi connectivity index (χ4v) is 4.00. The van der Waals surface area contributed by atoms with Crippen molar-refractivity contribution in [1.29, 1.82) is 0 Å². The molecule has 0 saturated heterocycles. The molecule has 0 aromatic carbocycles. The van der Waals surface area contributed by atoms with Crippen LogP contribution in [0.5, 0.6) is 0 Å². The van der Waals surface area contributed by atoms with E-state index in [2.05, 4.69) is 16.4 Å². The first-order chi connectivity index (χ1) is 8.29. The van der Waals surface area contributed by atoms with Crippen LogP contribution < -0.4 is 11.1 Å². The SMILES string of the molecule is CNC(c1cccnc1N)C1CC2CCC1C2. The van der Waals surface area contributed by atoms with Crippen LogP contribution in [-0.4, -0.2) is 12.0 Å². The molecule has 0 spiro atoms. The molecule has 0 amide bonds. The molecule has 2 fully saturated rings. The first kappa shape index (κ1) is 11.0. The monoisotopic (exact) mass is 231 g/mol. The molecule has 92 valence electrons. The highest BCUT2D eigenvalue weighted by Gasteiger charge is 2.43. The van der Waals surface area contributed by atoms with E-state index in [4.69, 9.17) is 5.73 Å². The first-order valence-corrected chi connectivity index (χ1v) is 6.67. The highest BCUT2D eigenvalue weighted by atomic mass is 14.9. The van der Waals surface area contributed by atoms with Crippen LogP contribution in [0, 0.1) is 17.8 Å². The fraction of sp³-hybridized carbons (Fsp3) is 0.643. The van der Waals surface area contributed by atoms with Crippen molar-refractivity contribution in [3.8, 4) is 0 Å². The Morgan fingerprint density at radius 2 is 2.29 bits per heavy atom. The minimum atomic E-state index is 0.388. The van der Waals surface area contributed by atoms with Crippen molar-refractivity contribution in [3.63, 3.8) is 0 Å². The average molecular weight is 231 g/mol. The van der Waals surface area contributed by atoms with Gasteiger partial charge < -0.3 is 11.1 Å². The lowest BCUT2D eigenvalue weighted by Gasteiger charge is -2.31. The topological polar surface area (TPSA) is 50.9 Å². The molecule has 0 aliphatic heterocycles. The molecule has 1 aromatic rings. The standard InChI is InChI=1S/C14H21N3/c1-16-13(11-3-2-6-17-14(11)15)12-8-9-4-5-10(12)7-9/h2-3,6,9-10,12-13,16H,4-5,7-8H2,1H3,(H2,15,17). The zero-order valence-corrected chi connectivity index (χ0v) is 10.4. The van der Waals surface area contributed by atoms with Gasteiger partial charge in [0.1, 0.15) is 5.82 Å². The van der Waals surface area contributed by atoms with Crippen LogP contribution in [0.15, 0.2) is 18.3 Å². The Bertz CT molecular complexity index is 404. The minimum Gasteiger partial charge on any atom is -0.383 e. The quantitative estimate of drug-likeness (QED) is 0.839. The summed E-state index contributed by atoms with van der Waals surface area (Å²) in [7, 11) is 2.04. The maximum absolute atomic E-state index is 6.01. The highest BCUT2D eigenvalue weighted by molar-refractivity contribution is 5.41. The molecule has 2 bridgehead atoms. The van der Waals surface area contributed by atoms with Crippen LogP contribution in [0.4, 0.5) is 5.82 Å². The Morgan fingerprint density at radius 1 is 1.41 bits per heavy atom. The molecule has 2 saturated carbocycles. The van der Waals surface area contributed by atoms with E-state index in [1.165, 1.54) is 31.2 Å². The molecule has 2 aliphatic carbocycles. The Kier molecular flexibility index (Phi) is 2.79. The third-order valence-electron chi connectivity index (χ3n) is 4.74. The maximum Gasteiger partial charge on any atom is 0.128 e. The van der Waals surface area contributed by atoms with Crippen molar-refractivity contribution >= 4 is 5.82 Å². The molecule has 3 N–H and O–H groups in total. The molecule has 4 unspecified atom stereocenters. The van der Waals surface area contributed by atoms with E-state index < -0.39 is 0 Å². The zero-order valence-electron chi connectivity index (χ0n) is 10.4. The van der Waals surface area contributed by atoms with Crippen LogP contribution in [0.25, 0.3) is 0 Å². The summed E-state index contributed by atoms with van der Waals surface area (Å²) in [6, 6.07) is 4.50. The van der Waals surface area contributed by atoms with Gasteiger partial charge in [0.2, 0.25) is 0 Å². The molecule has 1 aromatic heterocycles. The number of nitrogens with one attached hydrogen (secondary N) is 1. The average Bonchev–Trinajstić information content (AvgIpc) is 2.95. The second-order valence-electron chi connectivity index (χ2n) is 5.58. The molecule has 3 heteroatoms. The van der Waals surface area contributed by atoms with Gasteiger partial charge in [0.15, 0.2) is 0 Å². The third kappa shape index (κ3) is 1.82. The van der Waals surface area contributed by atoms with Gasteiger partial charge in [-0.3, -0.25) is 0 Å². The molecule has 17 heavy (non-hydrogen) atoms. The molecule has 4 atom stereocenters. The van der Waals surface area contributed by atoms with E-state index in [-0.39, 0.29) is 0 Å². The zero-order chi connectivity index (χ0) is 11.8. The van der Waals surface area contributed by atoms with Gasteiger partial charge in [-0.2, -0.15) is 0 Å². The molecule has 2 aliphatic rings. The number of anilines is 1. The van der Waals surface area contributed by atoms with E-state index in [1.807, 2.05) is 13.1 Å². The second-order valence-corrected chi connectivity index (χ2v) is 5.58. The van der Waals surface area contributed by atoms with Crippen molar-refractivity contribution in [2.75, 3.05) is 12.8 Å². The summed E-state index contributed by atoms with van der Waals surface area (Å²) >= 11 is 0. The van der Waals surface area contributed by atoms with Gasteiger partial charge in [-0.15, -0.1) is 0 Å². The van der Waals surface area contributed by atoms with Gasteiger partial charge in [0, 0.05) is 17.8 Å². The smallest absolute Gasteiger partial charge is 0.128 e. The molecular weight excluding hydrogens is 210 g/mol. The number of fused-ring (bicyclic) bond motifs is 2. The lowest BCUT2D eigenvalue weighted by Crippen LogP contribution is -2.29. The molecule has 1 heterocycles. The van der Waals surface area contributed by atoms with Crippen molar-refractivity contribution in [1.82, 2.24) is 10.3 Å². The highest BCUT2D eigenvalue weighted by Crippen LogP contribution is 2.52. The summed E-state index contributed by atoms with van der Waals surface area (Å²) in [5.41, 5.74) is 7.20. The largest absolute Gasteiger partial charge is 0.383 e. The number of nitrogens with two attached hydrogens (primary N) is 1. The van der Waals surface area contributed by atoms with Crippen LogP contribution in [0.2, 0.25) is 0 Å². The summed E-state index contributed by atoms with van der Waals surface area (Å²) in [6.45, 7) is 0. The van der Waals surface area contributed by atoms with Gasteiger partial charge in [-0.25, -0.2) is 4.98 Å². The van der Waals surface area contributed by atoms with Crippen molar-refractivity contribution in [2.24, 2.45) is 17.8 Å². The van der Waals surface area contributed by atoms with Gasteiger partial charge in [-0.05, 0) is 50.1 Å². The summed E-state index contributed by atoms with van der Waals surface area (Å²) in [5, 5.41) is 3.47. The molecule has 0 radical (unpaired) electrons. The lowest BCUT2D eigenvalue weighted by molar-refractivity contribution is 0.260. The van der Waals surface area contributed by atoms with Gasteiger partial charge in [-0.1, -0.05) is 12.5 Å². The summed E-state index contributed by atoms with van der Waals surface area (Å²) in [6.07, 6.45) is 7.42. The normalized spacial score (nSPS) is 32.9. The Hall–Kier alpha value is -1.09. The molecule has 3 nitrogen and oxygen atoms in total. The number of hydrogen-bond donors (Lipinski definition) is 2. The van der Waals surface area contributed by atoms with E-state index in [1.54, 1.807) is 6.20 Å². The summed E-state index contributed by atoms with van der Waals surface area (Å²) in [4.78, 5) is 4.22. The van der Waals surface area contributed by atoms with E-state index in [0.29, 0.717) is 11.9 Å².